The first-order chi connectivity index (χ1) is 11.6. The van der Waals surface area contributed by atoms with Gasteiger partial charge in [-0.3, -0.25) is 15.4 Å². The van der Waals surface area contributed by atoms with Crippen LogP contribution in [0.15, 0.2) is 48.5 Å². The second-order valence-corrected chi connectivity index (χ2v) is 5.51. The average Bonchev–Trinajstić information content (AvgIpc) is 3.10. The third-order valence-electron chi connectivity index (χ3n) is 3.84. The zero-order valence-corrected chi connectivity index (χ0v) is 14.2. The first kappa shape index (κ1) is 18.5. The number of rotatable bonds is 4. The minimum atomic E-state index is -0.641. The molecule has 25 heavy (non-hydrogen) atoms. The predicted octanol–water partition coefficient (Wildman–Crippen LogP) is 4.23. The number of carbonyl (C=O) groups excluding carboxylic acids is 1. The number of benzene rings is 2. The lowest BCUT2D eigenvalue weighted by atomic mass is 10.2. The molecule has 0 saturated carbocycles. The summed E-state index contributed by atoms with van der Waals surface area (Å²) in [7, 11) is 0. The van der Waals surface area contributed by atoms with E-state index in [-0.39, 0.29) is 23.8 Å². The van der Waals surface area contributed by atoms with Crippen molar-refractivity contribution in [2.75, 3.05) is 23.3 Å². The van der Waals surface area contributed by atoms with Crippen LogP contribution in [0.3, 0.4) is 0 Å². The molecular weight excluding hydrogens is 346 g/mol. The summed E-state index contributed by atoms with van der Waals surface area (Å²) < 4.78 is 5.10. The van der Waals surface area contributed by atoms with E-state index in [0.29, 0.717) is 5.69 Å². The molecule has 3 rings (SSSR count). The minimum absolute atomic E-state index is 0. The Hall–Kier alpha value is -2.80. The Balaban J connectivity index is 0.00000225. The summed E-state index contributed by atoms with van der Waals surface area (Å²) in [5.41, 5.74) is 1.71. The Morgan fingerprint density at radius 2 is 1.64 bits per heavy atom. The number of nitro benzene ring substituents is 1. The fourth-order valence-corrected chi connectivity index (χ4v) is 2.62. The van der Waals surface area contributed by atoms with Crippen molar-refractivity contribution < 1.29 is 14.5 Å². The van der Waals surface area contributed by atoms with Crippen LogP contribution in [0.1, 0.15) is 12.8 Å². The van der Waals surface area contributed by atoms with E-state index in [4.69, 9.17) is 4.74 Å². The molecule has 8 heteroatoms. The number of anilines is 2. The van der Waals surface area contributed by atoms with Gasteiger partial charge in [-0.1, -0.05) is 0 Å². The molecule has 0 bridgehead atoms. The van der Waals surface area contributed by atoms with Gasteiger partial charge < -0.3 is 9.64 Å². The Morgan fingerprint density at radius 3 is 2.20 bits per heavy atom. The highest BCUT2D eigenvalue weighted by Gasteiger charge is 2.12. The zero-order chi connectivity index (χ0) is 16.9. The van der Waals surface area contributed by atoms with Crippen LogP contribution in [0.25, 0.3) is 0 Å². The van der Waals surface area contributed by atoms with Crippen LogP contribution in [-0.2, 0) is 0 Å². The molecule has 1 aliphatic heterocycles. The van der Waals surface area contributed by atoms with Crippen LogP contribution in [-0.4, -0.2) is 24.1 Å². The average molecular weight is 364 g/mol. The summed E-state index contributed by atoms with van der Waals surface area (Å²) in [6.45, 7) is 2.13. The molecule has 0 unspecified atom stereocenters. The lowest BCUT2D eigenvalue weighted by molar-refractivity contribution is -0.384. The summed E-state index contributed by atoms with van der Waals surface area (Å²) in [6, 6.07) is 12.9. The van der Waals surface area contributed by atoms with Gasteiger partial charge in [0.2, 0.25) is 0 Å². The SMILES string of the molecule is Cl.O=C(Nc1ccc(N2CCCC2)cc1)Oc1ccc([N+](=O)[O-])cc1. The van der Waals surface area contributed by atoms with Crippen molar-refractivity contribution in [3.05, 3.63) is 58.6 Å². The van der Waals surface area contributed by atoms with Gasteiger partial charge in [-0.15, -0.1) is 12.4 Å². The molecule has 1 amide bonds. The highest BCUT2D eigenvalue weighted by Crippen LogP contribution is 2.22. The lowest BCUT2D eigenvalue weighted by Crippen LogP contribution is -2.18. The fraction of sp³-hybridized carbons (Fsp3) is 0.235. The minimum Gasteiger partial charge on any atom is -0.410 e. The molecule has 1 fully saturated rings. The van der Waals surface area contributed by atoms with Gasteiger partial charge in [0.05, 0.1) is 4.92 Å². The molecule has 7 nitrogen and oxygen atoms in total. The molecule has 2 aromatic rings. The first-order valence-corrected chi connectivity index (χ1v) is 7.70. The predicted molar refractivity (Wildman–Crippen MR) is 97.9 cm³/mol. The number of non-ortho nitro benzene ring substituents is 1. The number of carbonyl (C=O) groups is 1. The zero-order valence-electron chi connectivity index (χ0n) is 13.4. The smallest absolute Gasteiger partial charge is 0.410 e. The number of nitro groups is 1. The van der Waals surface area contributed by atoms with Gasteiger partial charge in [0, 0.05) is 36.6 Å². The van der Waals surface area contributed by atoms with Crippen molar-refractivity contribution in [2.45, 2.75) is 12.8 Å². The molecule has 1 N–H and O–H groups in total. The maximum atomic E-state index is 11.9. The third-order valence-corrected chi connectivity index (χ3v) is 3.84. The Bertz CT molecular complexity index is 729. The van der Waals surface area contributed by atoms with Crippen LogP contribution in [0.5, 0.6) is 5.75 Å². The van der Waals surface area contributed by atoms with Crippen LogP contribution < -0.4 is 15.0 Å². The normalized spacial score (nSPS) is 13.0. The van der Waals surface area contributed by atoms with Crippen molar-refractivity contribution in [1.29, 1.82) is 0 Å². The van der Waals surface area contributed by atoms with E-state index in [2.05, 4.69) is 10.2 Å². The molecule has 1 heterocycles. The van der Waals surface area contributed by atoms with Gasteiger partial charge in [-0.05, 0) is 49.2 Å². The molecule has 0 aromatic heterocycles. The summed E-state index contributed by atoms with van der Waals surface area (Å²) in [6.07, 6.45) is 1.78. The van der Waals surface area contributed by atoms with Crippen LogP contribution in [0, 0.1) is 10.1 Å². The van der Waals surface area contributed by atoms with Crippen molar-refractivity contribution in [1.82, 2.24) is 0 Å². The summed E-state index contributed by atoms with van der Waals surface area (Å²) in [5, 5.41) is 13.2. The number of amides is 1. The Labute approximate surface area is 151 Å². The standard InChI is InChI=1S/C17H17N3O4.ClH/c21-17(24-16-9-7-15(8-10-16)20(22)23)18-13-3-5-14(6-4-13)19-11-1-2-12-19;/h3-10H,1-2,11-12H2,(H,18,21);1H. The number of nitrogens with zero attached hydrogens (tertiary/aromatic N) is 2. The monoisotopic (exact) mass is 363 g/mol. The van der Waals surface area contributed by atoms with E-state index in [1.54, 1.807) is 0 Å². The van der Waals surface area contributed by atoms with Gasteiger partial charge in [-0.25, -0.2) is 4.79 Å². The Kier molecular flexibility index (Phi) is 6.19. The summed E-state index contributed by atoms with van der Waals surface area (Å²) in [4.78, 5) is 24.2. The number of hydrogen-bond donors (Lipinski definition) is 1. The van der Waals surface area contributed by atoms with E-state index >= 15 is 0 Å². The first-order valence-electron chi connectivity index (χ1n) is 7.70. The van der Waals surface area contributed by atoms with Crippen molar-refractivity contribution >= 4 is 35.6 Å². The Morgan fingerprint density at radius 1 is 1.04 bits per heavy atom. The highest BCUT2D eigenvalue weighted by molar-refractivity contribution is 5.86. The molecule has 0 atom stereocenters. The molecule has 0 spiro atoms. The number of hydrogen-bond acceptors (Lipinski definition) is 5. The molecule has 1 saturated heterocycles. The maximum Gasteiger partial charge on any atom is 0.417 e. The summed E-state index contributed by atoms with van der Waals surface area (Å²) in [5.74, 6) is 0.242. The molecule has 2 aromatic carbocycles. The molecule has 0 aliphatic carbocycles. The van der Waals surface area contributed by atoms with Crippen LogP contribution in [0.2, 0.25) is 0 Å². The largest absolute Gasteiger partial charge is 0.417 e. The van der Waals surface area contributed by atoms with E-state index in [1.807, 2.05) is 24.3 Å². The third kappa shape index (κ3) is 4.84. The van der Waals surface area contributed by atoms with Gasteiger partial charge in [0.25, 0.3) is 5.69 Å². The fourth-order valence-electron chi connectivity index (χ4n) is 2.62. The van der Waals surface area contributed by atoms with E-state index in [0.717, 1.165) is 18.8 Å². The van der Waals surface area contributed by atoms with Crippen molar-refractivity contribution in [3.63, 3.8) is 0 Å². The van der Waals surface area contributed by atoms with Gasteiger partial charge in [0.15, 0.2) is 0 Å². The van der Waals surface area contributed by atoms with Crippen molar-refractivity contribution in [2.24, 2.45) is 0 Å². The summed E-state index contributed by atoms with van der Waals surface area (Å²) >= 11 is 0. The number of halogens is 1. The molecule has 0 radical (unpaired) electrons. The lowest BCUT2D eigenvalue weighted by Gasteiger charge is -2.17. The second kappa shape index (κ2) is 8.34. The maximum absolute atomic E-state index is 11.9. The molecular formula is C17H18ClN3O4. The topological polar surface area (TPSA) is 84.7 Å². The van der Waals surface area contributed by atoms with Crippen LogP contribution in [0.4, 0.5) is 21.9 Å². The van der Waals surface area contributed by atoms with Crippen LogP contribution >= 0.6 is 12.4 Å². The number of ether oxygens (including phenoxy) is 1. The quantitative estimate of drug-likeness (QED) is 0.649. The van der Waals surface area contributed by atoms with E-state index in [9.17, 15) is 14.9 Å². The van der Waals surface area contributed by atoms with E-state index in [1.165, 1.54) is 37.1 Å². The second-order valence-electron chi connectivity index (χ2n) is 5.51. The van der Waals surface area contributed by atoms with E-state index < -0.39 is 11.0 Å². The highest BCUT2D eigenvalue weighted by atomic mass is 35.5. The van der Waals surface area contributed by atoms with Gasteiger partial charge in [-0.2, -0.15) is 0 Å². The number of nitrogens with one attached hydrogen (secondary N) is 1. The molecule has 132 valence electrons. The van der Waals surface area contributed by atoms with Gasteiger partial charge in [0.1, 0.15) is 5.75 Å². The van der Waals surface area contributed by atoms with Gasteiger partial charge >= 0.3 is 6.09 Å². The molecule has 1 aliphatic rings. The van der Waals surface area contributed by atoms with Crippen molar-refractivity contribution in [3.8, 4) is 5.75 Å².